The predicted molar refractivity (Wildman–Crippen MR) is 54.8 cm³/mol. The molecule has 0 aromatic carbocycles. The van der Waals surface area contributed by atoms with Gasteiger partial charge in [0.1, 0.15) is 13.2 Å². The minimum atomic E-state index is -0.833. The van der Waals surface area contributed by atoms with Gasteiger partial charge >= 0.3 is 0 Å². The molecular formula is C10H18O4. The van der Waals surface area contributed by atoms with E-state index < -0.39 is 5.97 Å². The topological polar surface area (TPSA) is 55.8 Å². The Hall–Kier alpha value is -1.45. The van der Waals surface area contributed by atoms with Crippen LogP contribution in [0.3, 0.4) is 0 Å². The Morgan fingerprint density at radius 1 is 1.14 bits per heavy atom. The van der Waals surface area contributed by atoms with Crippen molar-refractivity contribution in [3.63, 3.8) is 0 Å². The summed E-state index contributed by atoms with van der Waals surface area (Å²) in [4.78, 5) is 9.00. The molecule has 0 spiro atoms. The standard InChI is InChI=1S/C8H14O2.C2H4O2/c1-3-5-9-7-8-10-6-4-2;1-2(3)4/h3-6H,7-8H2,1-2H3;1H3,(H,3,4). The molecule has 0 amide bonds. The van der Waals surface area contributed by atoms with Crippen molar-refractivity contribution in [3.05, 3.63) is 24.7 Å². The van der Waals surface area contributed by atoms with Gasteiger partial charge in [-0.3, -0.25) is 4.79 Å². The second-order valence-corrected chi connectivity index (χ2v) is 2.20. The van der Waals surface area contributed by atoms with E-state index in [0.29, 0.717) is 13.2 Å². The van der Waals surface area contributed by atoms with Crippen molar-refractivity contribution < 1.29 is 19.4 Å². The lowest BCUT2D eigenvalue weighted by Gasteiger charge is -1.98. The first-order valence-electron chi connectivity index (χ1n) is 4.30. The van der Waals surface area contributed by atoms with E-state index in [9.17, 15) is 0 Å². The largest absolute Gasteiger partial charge is 0.498 e. The van der Waals surface area contributed by atoms with E-state index in [1.807, 2.05) is 26.0 Å². The molecule has 0 saturated carbocycles. The minimum absolute atomic E-state index is 0.606. The molecule has 0 fully saturated rings. The molecule has 82 valence electrons. The second-order valence-electron chi connectivity index (χ2n) is 2.20. The molecule has 14 heavy (non-hydrogen) atoms. The van der Waals surface area contributed by atoms with Gasteiger partial charge in [-0.1, -0.05) is 12.2 Å². The molecule has 0 aromatic rings. The third-order valence-electron chi connectivity index (χ3n) is 0.784. The number of carboxylic acid groups (broad SMARTS) is 1. The van der Waals surface area contributed by atoms with Crippen molar-refractivity contribution in [2.45, 2.75) is 20.8 Å². The average molecular weight is 202 g/mol. The van der Waals surface area contributed by atoms with E-state index in [1.165, 1.54) is 0 Å². The summed E-state index contributed by atoms with van der Waals surface area (Å²) in [5, 5.41) is 7.42. The molecule has 0 unspecified atom stereocenters. The second kappa shape index (κ2) is 14.1. The van der Waals surface area contributed by atoms with Gasteiger partial charge in [0.2, 0.25) is 0 Å². The first-order valence-corrected chi connectivity index (χ1v) is 4.30. The molecule has 0 aliphatic carbocycles. The van der Waals surface area contributed by atoms with Gasteiger partial charge in [0.05, 0.1) is 12.5 Å². The molecule has 0 rings (SSSR count). The van der Waals surface area contributed by atoms with Gasteiger partial charge in [-0.15, -0.1) is 0 Å². The zero-order valence-electron chi connectivity index (χ0n) is 8.90. The average Bonchev–Trinajstić information content (AvgIpc) is 2.10. The summed E-state index contributed by atoms with van der Waals surface area (Å²) < 4.78 is 9.98. The Morgan fingerprint density at radius 2 is 1.43 bits per heavy atom. The molecule has 0 atom stereocenters. The first-order chi connectivity index (χ1) is 6.65. The Morgan fingerprint density at radius 3 is 1.64 bits per heavy atom. The maximum absolute atomic E-state index is 9.00. The van der Waals surface area contributed by atoms with Gasteiger partial charge in [-0.25, -0.2) is 0 Å². The van der Waals surface area contributed by atoms with Crippen LogP contribution in [-0.4, -0.2) is 24.3 Å². The quantitative estimate of drug-likeness (QED) is 0.548. The summed E-state index contributed by atoms with van der Waals surface area (Å²) >= 11 is 0. The lowest BCUT2D eigenvalue weighted by Crippen LogP contribution is -1.95. The predicted octanol–water partition coefficient (Wildman–Crippen LogP) is 2.18. The number of rotatable bonds is 5. The van der Waals surface area contributed by atoms with Gasteiger partial charge < -0.3 is 14.6 Å². The molecule has 0 aliphatic heterocycles. The van der Waals surface area contributed by atoms with E-state index >= 15 is 0 Å². The summed E-state index contributed by atoms with van der Waals surface area (Å²) in [5.74, 6) is -0.833. The van der Waals surface area contributed by atoms with Gasteiger partial charge in [0.25, 0.3) is 5.97 Å². The maximum atomic E-state index is 9.00. The van der Waals surface area contributed by atoms with Crippen molar-refractivity contribution in [2.75, 3.05) is 13.2 Å². The highest BCUT2D eigenvalue weighted by Crippen LogP contribution is 1.80. The number of aliphatic carboxylic acids is 1. The van der Waals surface area contributed by atoms with Gasteiger partial charge in [-0.2, -0.15) is 0 Å². The van der Waals surface area contributed by atoms with E-state index in [0.717, 1.165) is 6.92 Å². The Kier molecular flexibility index (Phi) is 15.1. The number of hydrogen-bond donors (Lipinski definition) is 1. The third-order valence-corrected chi connectivity index (χ3v) is 0.784. The number of carbonyl (C=O) groups is 1. The molecule has 0 saturated heterocycles. The van der Waals surface area contributed by atoms with Crippen LogP contribution in [0.25, 0.3) is 0 Å². The lowest BCUT2D eigenvalue weighted by molar-refractivity contribution is -0.134. The van der Waals surface area contributed by atoms with E-state index in [1.54, 1.807) is 12.5 Å². The molecule has 0 heterocycles. The summed E-state index contributed by atoms with van der Waals surface area (Å²) in [6.45, 7) is 6.11. The zero-order valence-corrected chi connectivity index (χ0v) is 8.90. The summed E-state index contributed by atoms with van der Waals surface area (Å²) in [6, 6.07) is 0. The van der Waals surface area contributed by atoms with Crippen LogP contribution in [0, 0.1) is 0 Å². The molecule has 0 radical (unpaired) electrons. The number of ether oxygens (including phenoxy) is 2. The fourth-order valence-corrected chi connectivity index (χ4v) is 0.425. The van der Waals surface area contributed by atoms with Crippen molar-refractivity contribution in [1.29, 1.82) is 0 Å². The van der Waals surface area contributed by atoms with Crippen LogP contribution in [-0.2, 0) is 14.3 Å². The van der Waals surface area contributed by atoms with Crippen LogP contribution in [0.15, 0.2) is 24.7 Å². The van der Waals surface area contributed by atoms with Gasteiger partial charge in [0.15, 0.2) is 0 Å². The van der Waals surface area contributed by atoms with Gasteiger partial charge in [0, 0.05) is 6.92 Å². The molecule has 0 aromatic heterocycles. The van der Waals surface area contributed by atoms with Crippen molar-refractivity contribution in [1.82, 2.24) is 0 Å². The normalized spacial score (nSPS) is 9.64. The van der Waals surface area contributed by atoms with Crippen molar-refractivity contribution >= 4 is 5.97 Å². The molecule has 0 bridgehead atoms. The van der Waals surface area contributed by atoms with Crippen LogP contribution in [0.2, 0.25) is 0 Å². The fraction of sp³-hybridized carbons (Fsp3) is 0.500. The monoisotopic (exact) mass is 202 g/mol. The van der Waals surface area contributed by atoms with Crippen LogP contribution in [0.4, 0.5) is 0 Å². The SMILES string of the molecule is CC(=O)O.CC=COCCOC=CC. The highest BCUT2D eigenvalue weighted by atomic mass is 16.5. The molecule has 4 nitrogen and oxygen atoms in total. The Balaban J connectivity index is 0. The molecule has 1 N–H and O–H groups in total. The Labute approximate surface area is 84.8 Å². The highest BCUT2D eigenvalue weighted by molar-refractivity contribution is 5.62. The van der Waals surface area contributed by atoms with E-state index in [2.05, 4.69) is 0 Å². The minimum Gasteiger partial charge on any atom is -0.498 e. The van der Waals surface area contributed by atoms with Crippen LogP contribution in [0.5, 0.6) is 0 Å². The summed E-state index contributed by atoms with van der Waals surface area (Å²) in [7, 11) is 0. The zero-order chi connectivity index (χ0) is 11.2. The fourth-order valence-electron chi connectivity index (χ4n) is 0.425. The highest BCUT2D eigenvalue weighted by Gasteiger charge is 1.79. The van der Waals surface area contributed by atoms with Crippen LogP contribution in [0.1, 0.15) is 20.8 Å². The maximum Gasteiger partial charge on any atom is 0.300 e. The third kappa shape index (κ3) is 31.2. The number of hydrogen-bond acceptors (Lipinski definition) is 3. The van der Waals surface area contributed by atoms with E-state index in [4.69, 9.17) is 19.4 Å². The Bertz CT molecular complexity index is 155. The molecule has 4 heteroatoms. The van der Waals surface area contributed by atoms with Crippen molar-refractivity contribution in [3.8, 4) is 0 Å². The first kappa shape index (κ1) is 15.0. The number of allylic oxidation sites excluding steroid dienone is 2. The number of carboxylic acids is 1. The van der Waals surface area contributed by atoms with Gasteiger partial charge in [-0.05, 0) is 13.8 Å². The summed E-state index contributed by atoms with van der Waals surface area (Å²) in [5.41, 5.74) is 0. The van der Waals surface area contributed by atoms with Crippen molar-refractivity contribution in [2.24, 2.45) is 0 Å². The van der Waals surface area contributed by atoms with E-state index in [-0.39, 0.29) is 0 Å². The molecular weight excluding hydrogens is 184 g/mol. The smallest absolute Gasteiger partial charge is 0.300 e. The molecule has 0 aliphatic rings. The van der Waals surface area contributed by atoms with Crippen LogP contribution >= 0.6 is 0 Å². The summed E-state index contributed by atoms with van der Waals surface area (Å²) in [6.07, 6.45) is 6.99. The lowest BCUT2D eigenvalue weighted by atomic mass is 10.7. The van der Waals surface area contributed by atoms with Crippen LogP contribution < -0.4 is 0 Å².